The fraction of sp³-hybridized carbons (Fsp3) is 0.300. The third-order valence-electron chi connectivity index (χ3n) is 10.4. The molecule has 0 spiro atoms. The van der Waals surface area contributed by atoms with Gasteiger partial charge in [0.1, 0.15) is 0 Å². The molecule has 2 aliphatic carbocycles. The first-order valence-electron chi connectivity index (χ1n) is 16.0. The number of benzene rings is 4. The monoisotopic (exact) mass is 716 g/mol. The fourth-order valence-corrected chi connectivity index (χ4v) is 29.1. The third-order valence-corrected chi connectivity index (χ3v) is 27.9. The van der Waals surface area contributed by atoms with Crippen LogP contribution in [0.15, 0.2) is 102 Å². The van der Waals surface area contributed by atoms with Gasteiger partial charge in [-0.05, 0) is 0 Å². The average Bonchev–Trinajstić information content (AvgIpc) is 3.57. The van der Waals surface area contributed by atoms with E-state index in [1.54, 1.807) is 22.3 Å². The van der Waals surface area contributed by atoms with Crippen LogP contribution in [0.25, 0.3) is 34.4 Å². The number of rotatable bonds is 8. The number of hydrogen-bond acceptors (Lipinski definition) is 0. The Labute approximate surface area is 280 Å². The Hall–Kier alpha value is -1.96. The molecule has 0 fully saturated rings. The Morgan fingerprint density at radius 2 is 1.27 bits per heavy atom. The van der Waals surface area contributed by atoms with Gasteiger partial charge in [0, 0.05) is 0 Å². The predicted octanol–water partition coefficient (Wildman–Crippen LogP) is 11.9. The van der Waals surface area contributed by atoms with E-state index >= 15 is 0 Å². The van der Waals surface area contributed by atoms with Crippen molar-refractivity contribution < 1.29 is 17.4 Å². The summed E-state index contributed by atoms with van der Waals surface area (Å²) < 4.78 is 6.67. The fourth-order valence-electron chi connectivity index (χ4n) is 8.74. The number of aryl methyl sites for hydroxylation is 1. The van der Waals surface area contributed by atoms with Crippen LogP contribution >= 0.6 is 24.8 Å². The Balaban J connectivity index is 0.00000221. The molecule has 4 aromatic carbocycles. The van der Waals surface area contributed by atoms with Crippen molar-refractivity contribution >= 4 is 43.8 Å². The summed E-state index contributed by atoms with van der Waals surface area (Å²) in [7, 11) is 0. The molecule has 0 aliphatic heterocycles. The molecule has 2 aliphatic rings. The zero-order valence-electron chi connectivity index (χ0n) is 27.2. The van der Waals surface area contributed by atoms with Crippen molar-refractivity contribution in [1.29, 1.82) is 0 Å². The molecule has 44 heavy (non-hydrogen) atoms. The zero-order chi connectivity index (χ0) is 29.7. The predicted molar refractivity (Wildman–Crippen MR) is 199 cm³/mol. The molecule has 0 aromatic heterocycles. The molecular formula is C40H48Cl2SiZr. The molecule has 0 N–H and O–H groups in total. The van der Waals surface area contributed by atoms with E-state index in [0.29, 0.717) is 13.2 Å². The van der Waals surface area contributed by atoms with Gasteiger partial charge in [0.05, 0.1) is 0 Å². The minimum absolute atomic E-state index is 0. The van der Waals surface area contributed by atoms with Crippen LogP contribution in [-0.2, 0) is 17.4 Å². The topological polar surface area (TPSA) is 0 Å². The van der Waals surface area contributed by atoms with Crippen LogP contribution in [0.1, 0.15) is 75.1 Å². The van der Waals surface area contributed by atoms with Crippen LogP contribution in [-0.4, -0.2) is 6.88 Å². The summed E-state index contributed by atoms with van der Waals surface area (Å²) >= 11 is -3.69. The molecule has 0 saturated heterocycles. The molecule has 4 aromatic rings. The summed E-state index contributed by atoms with van der Waals surface area (Å²) in [5.41, 5.74) is 16.4. The van der Waals surface area contributed by atoms with E-state index in [0.717, 1.165) is 0 Å². The molecule has 230 valence electrons. The summed E-state index contributed by atoms with van der Waals surface area (Å²) in [6.45, 7) is 12.1. The van der Waals surface area contributed by atoms with E-state index in [1.807, 2.05) is 0 Å². The van der Waals surface area contributed by atoms with Gasteiger partial charge in [0.2, 0.25) is 0 Å². The number of hydrogen-bond donors (Lipinski definition) is 0. The number of halogens is 2. The van der Waals surface area contributed by atoms with Gasteiger partial charge >= 0.3 is 258 Å². The molecule has 0 heterocycles. The van der Waals surface area contributed by atoms with Crippen LogP contribution in [0.4, 0.5) is 0 Å². The smallest absolute Gasteiger partial charge is 0.147 e. The Kier molecular flexibility index (Phi) is 10.6. The van der Waals surface area contributed by atoms with Gasteiger partial charge in [-0.1, -0.05) is 0 Å². The van der Waals surface area contributed by atoms with Gasteiger partial charge < -0.3 is 0 Å². The maximum atomic E-state index is 2.80. The van der Waals surface area contributed by atoms with Gasteiger partial charge in [0.15, 0.2) is 0 Å². The van der Waals surface area contributed by atoms with Crippen LogP contribution < -0.4 is 0 Å². The Bertz CT molecular complexity index is 1780. The van der Waals surface area contributed by atoms with Gasteiger partial charge in [-0.15, -0.1) is 24.8 Å². The van der Waals surface area contributed by atoms with Gasteiger partial charge in [-0.2, -0.15) is 0 Å². The van der Waals surface area contributed by atoms with Crippen molar-refractivity contribution in [3.63, 3.8) is 0 Å². The van der Waals surface area contributed by atoms with E-state index in [1.165, 1.54) is 58.2 Å². The van der Waals surface area contributed by atoms with E-state index in [-0.39, 0.29) is 24.8 Å². The maximum absolute atomic E-state index is 3.69. The molecule has 0 bridgehead atoms. The van der Waals surface area contributed by atoms with E-state index in [4.69, 9.17) is 0 Å². The Morgan fingerprint density at radius 1 is 0.682 bits per heavy atom. The molecule has 0 amide bonds. The minimum Gasteiger partial charge on any atom is -0.147 e. The summed E-state index contributed by atoms with van der Waals surface area (Å²) in [4.78, 5) is 0. The van der Waals surface area contributed by atoms with Gasteiger partial charge in [-0.25, -0.2) is 0 Å². The Morgan fingerprint density at radius 3 is 1.84 bits per heavy atom. The second-order valence-electron chi connectivity index (χ2n) is 14.0. The van der Waals surface area contributed by atoms with Crippen molar-refractivity contribution in [1.82, 2.24) is 0 Å². The molecule has 4 heteroatoms. The van der Waals surface area contributed by atoms with E-state index in [9.17, 15) is 0 Å². The van der Waals surface area contributed by atoms with Crippen molar-refractivity contribution in [3.8, 4) is 22.3 Å². The van der Waals surface area contributed by atoms with Crippen molar-refractivity contribution in [3.05, 3.63) is 130 Å². The molecular weight excluding hydrogens is 671 g/mol. The van der Waals surface area contributed by atoms with Crippen LogP contribution in [0, 0.1) is 12.8 Å². The van der Waals surface area contributed by atoms with Crippen molar-refractivity contribution in [2.75, 3.05) is 0 Å². The quantitative estimate of drug-likeness (QED) is 0.159. The zero-order valence-corrected chi connectivity index (χ0v) is 32.7. The van der Waals surface area contributed by atoms with E-state index < -0.39 is 17.4 Å². The summed E-state index contributed by atoms with van der Waals surface area (Å²) in [6, 6.07) is 34.0. The minimum atomic E-state index is -3.69. The normalized spacial score (nSPS) is 17.9. The first-order chi connectivity index (χ1) is 20.1. The third kappa shape index (κ3) is 5.86. The summed E-state index contributed by atoms with van der Waals surface area (Å²) in [6.07, 6.45) is 8.95. The van der Waals surface area contributed by atoms with E-state index in [2.05, 4.69) is 147 Å². The number of allylic oxidation sites excluding steroid dienone is 2. The molecule has 3 unspecified atom stereocenters. The summed E-state index contributed by atoms with van der Waals surface area (Å²) in [5, 5.41) is 0. The SMILES string of the molecule is CCCC(CC)C1=Cc2c(-c3ccccc3)cccc2[CH]1[Zr]([CH3])([CH3])(=[SiH2])[CH]1C(C)=Cc2c(-c3ccccc3)ccc(C)c21.Cl.Cl. The first kappa shape index (κ1) is 34.9. The van der Waals surface area contributed by atoms with Crippen molar-refractivity contribution in [2.45, 2.75) is 63.5 Å². The second-order valence-corrected chi connectivity index (χ2v) is 44.5. The maximum Gasteiger partial charge on any atom is -0.147 e. The average molecular weight is 719 g/mol. The van der Waals surface area contributed by atoms with Crippen LogP contribution in [0.3, 0.4) is 0 Å². The first-order valence-corrected chi connectivity index (χ1v) is 29.7. The van der Waals surface area contributed by atoms with Crippen molar-refractivity contribution in [2.24, 2.45) is 5.92 Å². The molecule has 6 rings (SSSR count). The van der Waals surface area contributed by atoms with Gasteiger partial charge in [-0.3, -0.25) is 0 Å². The molecule has 0 nitrogen and oxygen atoms in total. The largest absolute Gasteiger partial charge is 0.147 e. The summed E-state index contributed by atoms with van der Waals surface area (Å²) in [5.74, 6) is 0.635. The van der Waals surface area contributed by atoms with Gasteiger partial charge in [0.25, 0.3) is 0 Å². The molecule has 0 radical (unpaired) electrons. The van der Waals surface area contributed by atoms with Crippen LogP contribution in [0.2, 0.25) is 9.26 Å². The standard InChI is InChI=1S/C21H23.C17H15.2CH3.2ClH.H2Si.Zr/c1-3-9-16(4-2)19-14-18-12-8-13-20(21(18)15-19)17-10-6-5-7-11-17;1-12-10-16-13(2)8-9-15(17(16)11-12)14-6-4-3-5-7-14;;;;;;/h5-8,10-16H,3-4,9H2,1-2H3;3-11H,1-2H3;2*1H3;2*1H;1H2;. The number of fused-ring (bicyclic) bond motifs is 2. The van der Waals surface area contributed by atoms with Crippen LogP contribution in [0.5, 0.6) is 0 Å². The molecule has 3 atom stereocenters. The second kappa shape index (κ2) is 13.4. The molecule has 0 saturated carbocycles.